The van der Waals surface area contributed by atoms with Gasteiger partial charge in [-0.3, -0.25) is 4.79 Å². The maximum absolute atomic E-state index is 12.3. The average Bonchev–Trinajstić information content (AvgIpc) is 2.65. The Balaban J connectivity index is 1.53. The number of ether oxygens (including phenoxy) is 1. The van der Waals surface area contributed by atoms with Crippen molar-refractivity contribution in [1.82, 2.24) is 5.32 Å². The smallest absolute Gasteiger partial charge is 0.258 e. The molecule has 0 bridgehead atoms. The molecule has 0 fully saturated rings. The second-order valence-corrected chi connectivity index (χ2v) is 8.59. The summed E-state index contributed by atoms with van der Waals surface area (Å²) in [5.41, 5.74) is 5.43. The highest BCUT2D eigenvalue weighted by Gasteiger charge is 2.15. The zero-order chi connectivity index (χ0) is 19.4. The lowest BCUT2D eigenvalue weighted by atomic mass is 9.87. The molecule has 1 aliphatic carbocycles. The van der Waals surface area contributed by atoms with Crippen molar-refractivity contribution >= 4 is 5.91 Å². The lowest BCUT2D eigenvalue weighted by Gasteiger charge is -2.20. The predicted molar refractivity (Wildman–Crippen MR) is 110 cm³/mol. The Bertz CT molecular complexity index is 787. The highest BCUT2D eigenvalue weighted by Crippen LogP contribution is 2.25. The number of fused-ring (bicyclic) bond motifs is 1. The second kappa shape index (κ2) is 8.16. The summed E-state index contributed by atoms with van der Waals surface area (Å²) in [6, 6.07) is 14.6. The molecule has 1 aliphatic rings. The van der Waals surface area contributed by atoms with E-state index in [9.17, 15) is 4.79 Å². The zero-order valence-electron chi connectivity index (χ0n) is 17.0. The fourth-order valence-corrected chi connectivity index (χ4v) is 3.59. The molecule has 3 rings (SSSR count). The Morgan fingerprint density at radius 1 is 1.04 bits per heavy atom. The van der Waals surface area contributed by atoms with Crippen LogP contribution in [0.1, 0.15) is 68.8 Å². The van der Waals surface area contributed by atoms with Gasteiger partial charge < -0.3 is 10.1 Å². The first-order valence-electron chi connectivity index (χ1n) is 9.97. The molecule has 27 heavy (non-hydrogen) atoms. The minimum Gasteiger partial charge on any atom is -0.484 e. The van der Waals surface area contributed by atoms with E-state index in [2.05, 4.69) is 56.4 Å². The second-order valence-electron chi connectivity index (χ2n) is 8.59. The first-order valence-corrected chi connectivity index (χ1v) is 9.97. The van der Waals surface area contributed by atoms with Gasteiger partial charge in [0.2, 0.25) is 0 Å². The number of carbonyl (C=O) groups excluding carboxylic acids is 1. The van der Waals surface area contributed by atoms with Gasteiger partial charge in [0.15, 0.2) is 6.61 Å². The van der Waals surface area contributed by atoms with Crippen LogP contribution in [0.4, 0.5) is 0 Å². The van der Waals surface area contributed by atoms with Crippen molar-refractivity contribution in [2.45, 2.75) is 64.8 Å². The predicted octanol–water partition coefficient (Wildman–Crippen LogP) is 5.12. The Morgan fingerprint density at radius 2 is 1.70 bits per heavy atom. The summed E-state index contributed by atoms with van der Waals surface area (Å²) in [5.74, 6) is 0.625. The summed E-state index contributed by atoms with van der Waals surface area (Å²) >= 11 is 0. The van der Waals surface area contributed by atoms with Crippen LogP contribution in [0.2, 0.25) is 0 Å². The van der Waals surface area contributed by atoms with Crippen molar-refractivity contribution in [3.05, 3.63) is 64.7 Å². The van der Waals surface area contributed by atoms with E-state index >= 15 is 0 Å². The fourth-order valence-electron chi connectivity index (χ4n) is 3.59. The molecule has 0 heterocycles. The van der Waals surface area contributed by atoms with E-state index < -0.39 is 0 Å². The van der Waals surface area contributed by atoms with Crippen LogP contribution in [-0.4, -0.2) is 12.5 Å². The molecule has 0 spiro atoms. The third kappa shape index (κ3) is 5.12. The van der Waals surface area contributed by atoms with E-state index in [1.54, 1.807) is 0 Å². The molecule has 2 aromatic carbocycles. The molecule has 2 aromatic rings. The van der Waals surface area contributed by atoms with Gasteiger partial charge in [0.05, 0.1) is 6.04 Å². The number of nitrogens with one attached hydrogen (secondary N) is 1. The standard InChI is InChI=1S/C24H31NO2/c1-17(19-10-9-18-7-5-6-8-20(18)15-19)25-23(26)16-27-22-13-11-21(12-14-22)24(2,3)4/h9-15,17H,5-8,16H2,1-4H3,(H,25,26). The third-order valence-electron chi connectivity index (χ3n) is 5.34. The number of amides is 1. The van der Waals surface area contributed by atoms with E-state index in [0.29, 0.717) is 0 Å². The lowest BCUT2D eigenvalue weighted by molar-refractivity contribution is -0.123. The summed E-state index contributed by atoms with van der Waals surface area (Å²) in [4.78, 5) is 12.3. The monoisotopic (exact) mass is 365 g/mol. The van der Waals surface area contributed by atoms with Gasteiger partial charge >= 0.3 is 0 Å². The first-order chi connectivity index (χ1) is 12.8. The Hall–Kier alpha value is -2.29. The number of rotatable bonds is 5. The van der Waals surface area contributed by atoms with E-state index in [1.807, 2.05) is 19.1 Å². The van der Waals surface area contributed by atoms with Crippen molar-refractivity contribution in [1.29, 1.82) is 0 Å². The Labute approximate surface area is 163 Å². The molecule has 0 aliphatic heterocycles. The fraction of sp³-hybridized carbons (Fsp3) is 0.458. The van der Waals surface area contributed by atoms with E-state index in [0.717, 1.165) is 12.2 Å². The summed E-state index contributed by atoms with van der Waals surface area (Å²) in [6.45, 7) is 8.60. The zero-order valence-corrected chi connectivity index (χ0v) is 17.0. The number of hydrogen-bond donors (Lipinski definition) is 1. The van der Waals surface area contributed by atoms with Crippen molar-refractivity contribution < 1.29 is 9.53 Å². The highest BCUT2D eigenvalue weighted by molar-refractivity contribution is 5.78. The van der Waals surface area contributed by atoms with Crippen molar-refractivity contribution in [3.63, 3.8) is 0 Å². The number of carbonyl (C=O) groups is 1. The maximum Gasteiger partial charge on any atom is 0.258 e. The van der Waals surface area contributed by atoms with Crippen molar-refractivity contribution in [3.8, 4) is 5.75 Å². The van der Waals surface area contributed by atoms with Crippen LogP contribution < -0.4 is 10.1 Å². The van der Waals surface area contributed by atoms with Crippen LogP contribution in [0.25, 0.3) is 0 Å². The van der Waals surface area contributed by atoms with Gasteiger partial charge in [-0.05, 0) is 72.4 Å². The average molecular weight is 366 g/mol. The number of benzene rings is 2. The maximum atomic E-state index is 12.3. The first kappa shape index (κ1) is 19.5. The van der Waals surface area contributed by atoms with Gasteiger partial charge in [0.25, 0.3) is 5.91 Å². The van der Waals surface area contributed by atoms with E-state index in [4.69, 9.17) is 4.74 Å². The van der Waals surface area contributed by atoms with Gasteiger partial charge in [-0.25, -0.2) is 0 Å². The molecule has 0 radical (unpaired) electrons. The topological polar surface area (TPSA) is 38.3 Å². The molecule has 1 atom stereocenters. The Morgan fingerprint density at radius 3 is 2.37 bits per heavy atom. The lowest BCUT2D eigenvalue weighted by Crippen LogP contribution is -2.31. The summed E-state index contributed by atoms with van der Waals surface area (Å²) in [5, 5.41) is 3.04. The minimum atomic E-state index is -0.0971. The molecular formula is C24H31NO2. The van der Waals surface area contributed by atoms with Gasteiger partial charge in [-0.15, -0.1) is 0 Å². The quantitative estimate of drug-likeness (QED) is 0.799. The van der Waals surface area contributed by atoms with Crippen LogP contribution in [0.15, 0.2) is 42.5 Å². The van der Waals surface area contributed by atoms with Gasteiger partial charge in [0, 0.05) is 0 Å². The molecule has 1 amide bonds. The van der Waals surface area contributed by atoms with Crippen LogP contribution in [-0.2, 0) is 23.1 Å². The van der Waals surface area contributed by atoms with Crippen LogP contribution in [0.3, 0.4) is 0 Å². The van der Waals surface area contributed by atoms with E-state index in [-0.39, 0.29) is 24.0 Å². The molecular weight excluding hydrogens is 334 g/mol. The molecule has 144 valence electrons. The molecule has 1 N–H and O–H groups in total. The molecule has 3 nitrogen and oxygen atoms in total. The SMILES string of the molecule is CC(NC(=O)COc1ccc(C(C)(C)C)cc1)c1ccc2c(c1)CCCC2. The number of hydrogen-bond acceptors (Lipinski definition) is 2. The van der Waals surface area contributed by atoms with Crippen molar-refractivity contribution in [2.75, 3.05) is 6.61 Å². The molecule has 1 unspecified atom stereocenters. The van der Waals surface area contributed by atoms with Gasteiger partial charge in [-0.2, -0.15) is 0 Å². The minimum absolute atomic E-state index is 0.0170. The molecule has 0 saturated carbocycles. The van der Waals surface area contributed by atoms with Gasteiger partial charge in [0.1, 0.15) is 5.75 Å². The summed E-state index contributed by atoms with van der Waals surface area (Å²) in [7, 11) is 0. The third-order valence-corrected chi connectivity index (χ3v) is 5.34. The Kier molecular flexibility index (Phi) is 5.88. The van der Waals surface area contributed by atoms with Crippen LogP contribution in [0.5, 0.6) is 5.75 Å². The highest BCUT2D eigenvalue weighted by atomic mass is 16.5. The molecule has 0 saturated heterocycles. The largest absolute Gasteiger partial charge is 0.484 e. The summed E-state index contributed by atoms with van der Waals surface area (Å²) in [6.07, 6.45) is 4.88. The van der Waals surface area contributed by atoms with Crippen LogP contribution in [0, 0.1) is 0 Å². The molecule has 0 aromatic heterocycles. The van der Waals surface area contributed by atoms with Crippen molar-refractivity contribution in [2.24, 2.45) is 0 Å². The van der Waals surface area contributed by atoms with Crippen LogP contribution >= 0.6 is 0 Å². The summed E-state index contributed by atoms with van der Waals surface area (Å²) < 4.78 is 5.65. The molecule has 3 heteroatoms. The van der Waals surface area contributed by atoms with E-state index in [1.165, 1.54) is 41.5 Å². The number of aryl methyl sites for hydroxylation is 2. The normalized spacial score (nSPS) is 15.0. The van der Waals surface area contributed by atoms with Gasteiger partial charge in [-0.1, -0.05) is 51.1 Å².